The SMILES string of the molecule is O=C1CCC(c2cccc(-c3ccc(C(=O)n4cccc4)cc3)c2Cl)C(=O)N1. The quantitative estimate of drug-likeness (QED) is 0.684. The number of hydrogen-bond acceptors (Lipinski definition) is 3. The first kappa shape index (κ1) is 18.2. The summed E-state index contributed by atoms with van der Waals surface area (Å²) in [5.41, 5.74) is 2.90. The third-order valence-electron chi connectivity index (χ3n) is 4.93. The highest BCUT2D eigenvalue weighted by molar-refractivity contribution is 6.34. The second kappa shape index (κ2) is 7.44. The van der Waals surface area contributed by atoms with Gasteiger partial charge in [0.25, 0.3) is 5.91 Å². The van der Waals surface area contributed by atoms with Gasteiger partial charge in [-0.3, -0.25) is 24.3 Å². The molecule has 1 atom stereocenters. The lowest BCUT2D eigenvalue weighted by atomic mass is 9.88. The lowest BCUT2D eigenvalue weighted by Crippen LogP contribution is -2.39. The fourth-order valence-corrected chi connectivity index (χ4v) is 3.81. The summed E-state index contributed by atoms with van der Waals surface area (Å²) in [5.74, 6) is -1.13. The van der Waals surface area contributed by atoms with Gasteiger partial charge in [0.1, 0.15) is 0 Å². The molecule has 0 spiro atoms. The van der Waals surface area contributed by atoms with Crippen LogP contribution in [0, 0.1) is 0 Å². The molecule has 2 amide bonds. The normalized spacial score (nSPS) is 16.7. The van der Waals surface area contributed by atoms with E-state index in [-0.39, 0.29) is 17.7 Å². The molecule has 5 nitrogen and oxygen atoms in total. The van der Waals surface area contributed by atoms with Crippen LogP contribution in [0.4, 0.5) is 0 Å². The number of halogens is 1. The number of aromatic nitrogens is 1. The molecule has 1 N–H and O–H groups in total. The number of amides is 2. The summed E-state index contributed by atoms with van der Waals surface area (Å²) in [6.45, 7) is 0. The number of hydrogen-bond donors (Lipinski definition) is 1. The van der Waals surface area contributed by atoms with Crippen molar-refractivity contribution in [3.8, 4) is 11.1 Å². The molecule has 1 unspecified atom stereocenters. The predicted octanol–water partition coefficient (Wildman–Crippen LogP) is 4.02. The van der Waals surface area contributed by atoms with Crippen LogP contribution < -0.4 is 5.32 Å². The molecule has 1 aliphatic heterocycles. The van der Waals surface area contributed by atoms with Crippen molar-refractivity contribution in [2.24, 2.45) is 0 Å². The molecule has 28 heavy (non-hydrogen) atoms. The van der Waals surface area contributed by atoms with Crippen LogP contribution in [-0.4, -0.2) is 22.3 Å². The fraction of sp³-hybridized carbons (Fsp3) is 0.136. The van der Waals surface area contributed by atoms with Crippen LogP contribution in [0.25, 0.3) is 11.1 Å². The van der Waals surface area contributed by atoms with Gasteiger partial charge in [0.05, 0.1) is 10.9 Å². The molecule has 1 saturated heterocycles. The van der Waals surface area contributed by atoms with Gasteiger partial charge in [-0.25, -0.2) is 0 Å². The van der Waals surface area contributed by atoms with E-state index in [2.05, 4.69) is 5.32 Å². The van der Waals surface area contributed by atoms with Crippen molar-refractivity contribution in [1.29, 1.82) is 0 Å². The molecule has 2 heterocycles. The minimum absolute atomic E-state index is 0.111. The molecule has 2 aromatic carbocycles. The second-order valence-electron chi connectivity index (χ2n) is 6.69. The average Bonchev–Trinajstić information content (AvgIpc) is 3.23. The molecule has 0 saturated carbocycles. The van der Waals surface area contributed by atoms with Crippen molar-refractivity contribution in [3.05, 3.63) is 83.1 Å². The number of rotatable bonds is 3. The fourth-order valence-electron chi connectivity index (χ4n) is 3.44. The van der Waals surface area contributed by atoms with Gasteiger partial charge >= 0.3 is 0 Å². The lowest BCUT2D eigenvalue weighted by Gasteiger charge is -2.23. The summed E-state index contributed by atoms with van der Waals surface area (Å²) >= 11 is 6.63. The van der Waals surface area contributed by atoms with Crippen molar-refractivity contribution in [2.75, 3.05) is 0 Å². The summed E-state index contributed by atoms with van der Waals surface area (Å²) in [5, 5.41) is 2.86. The van der Waals surface area contributed by atoms with E-state index in [9.17, 15) is 14.4 Å². The van der Waals surface area contributed by atoms with Gasteiger partial charge in [0.15, 0.2) is 0 Å². The van der Waals surface area contributed by atoms with Crippen molar-refractivity contribution in [3.63, 3.8) is 0 Å². The highest BCUT2D eigenvalue weighted by atomic mass is 35.5. The highest BCUT2D eigenvalue weighted by Crippen LogP contribution is 2.37. The molecule has 3 aromatic rings. The van der Waals surface area contributed by atoms with Gasteiger partial charge in [-0.05, 0) is 41.8 Å². The molecule has 1 aromatic heterocycles. The van der Waals surface area contributed by atoms with Crippen LogP contribution in [0.2, 0.25) is 5.02 Å². The van der Waals surface area contributed by atoms with Crippen LogP contribution in [0.15, 0.2) is 67.0 Å². The van der Waals surface area contributed by atoms with Crippen molar-refractivity contribution < 1.29 is 14.4 Å². The monoisotopic (exact) mass is 392 g/mol. The largest absolute Gasteiger partial charge is 0.296 e. The van der Waals surface area contributed by atoms with Crippen molar-refractivity contribution >= 4 is 29.3 Å². The maximum Gasteiger partial charge on any atom is 0.261 e. The first-order chi connectivity index (χ1) is 13.5. The van der Waals surface area contributed by atoms with Gasteiger partial charge in [0.2, 0.25) is 11.8 Å². The average molecular weight is 393 g/mol. The van der Waals surface area contributed by atoms with Gasteiger partial charge in [-0.1, -0.05) is 41.9 Å². The molecule has 140 valence electrons. The minimum atomic E-state index is -0.445. The van der Waals surface area contributed by atoms with E-state index in [1.807, 2.05) is 30.3 Å². The van der Waals surface area contributed by atoms with E-state index in [1.54, 1.807) is 36.7 Å². The van der Waals surface area contributed by atoms with Crippen molar-refractivity contribution in [2.45, 2.75) is 18.8 Å². The number of nitrogens with one attached hydrogen (secondary N) is 1. The molecule has 0 radical (unpaired) electrons. The minimum Gasteiger partial charge on any atom is -0.296 e. The third-order valence-corrected chi connectivity index (χ3v) is 5.35. The van der Waals surface area contributed by atoms with Crippen LogP contribution in [0.5, 0.6) is 0 Å². The molecule has 0 aliphatic carbocycles. The molecule has 1 fully saturated rings. The summed E-state index contributed by atoms with van der Waals surface area (Å²) in [4.78, 5) is 36.0. The Morgan fingerprint density at radius 2 is 1.71 bits per heavy atom. The zero-order chi connectivity index (χ0) is 19.7. The third kappa shape index (κ3) is 3.37. The number of carbonyl (C=O) groups excluding carboxylic acids is 3. The Morgan fingerprint density at radius 3 is 2.39 bits per heavy atom. The van der Waals surface area contributed by atoms with Gasteiger partial charge in [0, 0.05) is 29.9 Å². The maximum atomic E-state index is 12.4. The molecule has 4 rings (SSSR count). The number of piperidine rings is 1. The Balaban J connectivity index is 1.64. The van der Waals surface area contributed by atoms with Crippen LogP contribution in [-0.2, 0) is 9.59 Å². The summed E-state index contributed by atoms with van der Waals surface area (Å²) < 4.78 is 1.52. The smallest absolute Gasteiger partial charge is 0.261 e. The highest BCUT2D eigenvalue weighted by Gasteiger charge is 2.30. The first-order valence-corrected chi connectivity index (χ1v) is 9.32. The summed E-state index contributed by atoms with van der Waals surface area (Å²) in [6.07, 6.45) is 4.15. The van der Waals surface area contributed by atoms with E-state index in [1.165, 1.54) is 4.57 Å². The van der Waals surface area contributed by atoms with Gasteiger partial charge in [-0.15, -0.1) is 0 Å². The number of imide groups is 1. The van der Waals surface area contributed by atoms with Crippen molar-refractivity contribution in [1.82, 2.24) is 9.88 Å². The number of carbonyl (C=O) groups is 3. The molecule has 6 heteroatoms. The lowest BCUT2D eigenvalue weighted by molar-refractivity contribution is -0.134. The summed E-state index contributed by atoms with van der Waals surface area (Å²) in [7, 11) is 0. The molecular formula is C22H17ClN2O3. The standard InChI is InChI=1S/C22H17ClN2O3/c23-20-16(4-3-5-17(20)18-10-11-19(26)24-21(18)27)14-6-8-15(9-7-14)22(28)25-12-1-2-13-25/h1-9,12-13,18H,10-11H2,(H,24,26,27). The molecule has 1 aliphatic rings. The first-order valence-electron chi connectivity index (χ1n) is 8.95. The van der Waals surface area contributed by atoms with E-state index < -0.39 is 5.92 Å². The molecular weight excluding hydrogens is 376 g/mol. The Hall–Kier alpha value is -3.18. The van der Waals surface area contributed by atoms with E-state index in [4.69, 9.17) is 11.6 Å². The van der Waals surface area contributed by atoms with Crippen LogP contribution >= 0.6 is 11.6 Å². The van der Waals surface area contributed by atoms with Gasteiger partial charge in [-0.2, -0.15) is 0 Å². The maximum absolute atomic E-state index is 12.4. The zero-order valence-electron chi connectivity index (χ0n) is 14.9. The van der Waals surface area contributed by atoms with E-state index >= 15 is 0 Å². The number of nitrogens with zero attached hydrogens (tertiary/aromatic N) is 1. The Morgan fingerprint density at radius 1 is 1.00 bits per heavy atom. The van der Waals surface area contributed by atoms with Gasteiger partial charge < -0.3 is 0 Å². The second-order valence-corrected chi connectivity index (χ2v) is 7.06. The topological polar surface area (TPSA) is 68.2 Å². The predicted molar refractivity (Wildman–Crippen MR) is 106 cm³/mol. The number of benzene rings is 2. The van der Waals surface area contributed by atoms with Crippen LogP contribution in [0.1, 0.15) is 34.7 Å². The van der Waals surface area contributed by atoms with E-state index in [0.717, 1.165) is 11.1 Å². The zero-order valence-corrected chi connectivity index (χ0v) is 15.6. The van der Waals surface area contributed by atoms with Crippen LogP contribution in [0.3, 0.4) is 0 Å². The Kier molecular flexibility index (Phi) is 4.84. The Labute approximate surface area is 166 Å². The van der Waals surface area contributed by atoms with E-state index in [0.29, 0.717) is 29.0 Å². The summed E-state index contributed by atoms with van der Waals surface area (Å²) in [6, 6.07) is 16.3. The Bertz CT molecular complexity index is 1060. The molecule has 0 bridgehead atoms.